The largest absolute Gasteiger partial charge is 0.0764 e. The van der Waals surface area contributed by atoms with E-state index in [0.717, 1.165) is 11.8 Å². The Kier molecular flexibility index (Phi) is 3.45. The molecule has 0 aromatic carbocycles. The van der Waals surface area contributed by atoms with Crippen LogP contribution in [0.25, 0.3) is 0 Å². The molecule has 2 rings (SSSR count). The third-order valence-electron chi connectivity index (χ3n) is 3.64. The molecule has 1 radical (unpaired) electrons. The van der Waals surface area contributed by atoms with E-state index in [1.807, 2.05) is 0 Å². The van der Waals surface area contributed by atoms with Gasteiger partial charge in [0.25, 0.3) is 0 Å². The van der Waals surface area contributed by atoms with Crippen molar-refractivity contribution < 1.29 is 0 Å². The molecule has 0 atom stereocenters. The smallest absolute Gasteiger partial charge is 0.00807 e. The molecule has 0 N–H and O–H groups in total. The van der Waals surface area contributed by atoms with E-state index in [4.69, 9.17) is 0 Å². The van der Waals surface area contributed by atoms with E-state index in [9.17, 15) is 0 Å². The maximum Gasteiger partial charge on any atom is 0.00807 e. The van der Waals surface area contributed by atoms with Crippen LogP contribution in [0, 0.1) is 18.3 Å². The predicted octanol–water partition coefficient (Wildman–Crippen LogP) is 4.46. The number of allylic oxidation sites excluding steroid dienone is 6. The molecule has 2 aliphatic carbocycles. The first-order chi connectivity index (χ1) is 7.25. The van der Waals surface area contributed by atoms with Crippen molar-refractivity contribution in [1.82, 2.24) is 0 Å². The molecule has 1 fully saturated rings. The molecule has 0 aromatic heterocycles. The fourth-order valence-electron chi connectivity index (χ4n) is 2.58. The Labute approximate surface area is 93.8 Å². The summed E-state index contributed by atoms with van der Waals surface area (Å²) >= 11 is 0. The Morgan fingerprint density at radius 2 is 1.80 bits per heavy atom. The van der Waals surface area contributed by atoms with Gasteiger partial charge in [-0.25, -0.2) is 0 Å². The van der Waals surface area contributed by atoms with E-state index < -0.39 is 0 Å². The summed E-state index contributed by atoms with van der Waals surface area (Å²) < 4.78 is 0. The van der Waals surface area contributed by atoms with E-state index in [1.54, 1.807) is 5.57 Å². The lowest BCUT2D eigenvalue weighted by molar-refractivity contribution is 0.323. The van der Waals surface area contributed by atoms with Crippen LogP contribution >= 0.6 is 0 Å². The first-order valence-corrected chi connectivity index (χ1v) is 6.15. The zero-order chi connectivity index (χ0) is 10.7. The molecule has 2 aliphatic rings. The lowest BCUT2D eigenvalue weighted by Crippen LogP contribution is -2.13. The Bertz CT molecular complexity index is 296. The van der Waals surface area contributed by atoms with Gasteiger partial charge in [0.05, 0.1) is 0 Å². The van der Waals surface area contributed by atoms with Crippen molar-refractivity contribution in [3.05, 3.63) is 41.9 Å². The Morgan fingerprint density at radius 1 is 1.07 bits per heavy atom. The van der Waals surface area contributed by atoms with Crippen molar-refractivity contribution in [3.8, 4) is 0 Å². The molecule has 0 unspecified atom stereocenters. The highest BCUT2D eigenvalue weighted by Gasteiger charge is 2.20. The Morgan fingerprint density at radius 3 is 2.53 bits per heavy atom. The van der Waals surface area contributed by atoms with Crippen LogP contribution in [-0.4, -0.2) is 0 Å². The molecule has 15 heavy (non-hydrogen) atoms. The highest BCUT2D eigenvalue weighted by Crippen LogP contribution is 2.34. The van der Waals surface area contributed by atoms with Crippen molar-refractivity contribution in [2.45, 2.75) is 39.5 Å². The highest BCUT2D eigenvalue weighted by atomic mass is 14.3. The van der Waals surface area contributed by atoms with Crippen molar-refractivity contribution in [1.29, 1.82) is 0 Å². The average molecular weight is 201 g/mol. The van der Waals surface area contributed by atoms with Gasteiger partial charge in [0.15, 0.2) is 0 Å². The molecule has 81 valence electrons. The van der Waals surface area contributed by atoms with Crippen LogP contribution in [0.5, 0.6) is 0 Å². The number of hydrogen-bond acceptors (Lipinski definition) is 0. The second kappa shape index (κ2) is 4.83. The predicted molar refractivity (Wildman–Crippen MR) is 66.4 cm³/mol. The molecule has 0 bridgehead atoms. The van der Waals surface area contributed by atoms with Gasteiger partial charge in [0, 0.05) is 6.42 Å². The Hall–Kier alpha value is -0.780. The number of hydrogen-bond donors (Lipinski definition) is 0. The average Bonchev–Trinajstić information content (AvgIpc) is 2.44. The quantitative estimate of drug-likeness (QED) is 0.587. The van der Waals surface area contributed by atoms with E-state index in [-0.39, 0.29) is 0 Å². The van der Waals surface area contributed by atoms with E-state index in [2.05, 4.69) is 44.6 Å². The fourth-order valence-corrected chi connectivity index (χ4v) is 2.58. The second-order valence-electron chi connectivity index (χ2n) is 5.06. The summed E-state index contributed by atoms with van der Waals surface area (Å²) in [5.74, 6) is 1.76. The molecular formula is C15H21. The summed E-state index contributed by atoms with van der Waals surface area (Å²) in [6, 6.07) is 0. The number of rotatable bonds is 1. The molecule has 0 saturated heterocycles. The molecule has 0 aromatic rings. The zero-order valence-corrected chi connectivity index (χ0v) is 9.87. The summed E-state index contributed by atoms with van der Waals surface area (Å²) in [6.45, 7) is 4.57. The third-order valence-corrected chi connectivity index (χ3v) is 3.64. The topological polar surface area (TPSA) is 0 Å². The summed E-state index contributed by atoms with van der Waals surface area (Å²) in [5, 5.41) is 0. The van der Waals surface area contributed by atoms with Gasteiger partial charge in [0.1, 0.15) is 0 Å². The van der Waals surface area contributed by atoms with Gasteiger partial charge < -0.3 is 0 Å². The fraction of sp³-hybridized carbons (Fsp3) is 0.533. The van der Waals surface area contributed by atoms with Crippen molar-refractivity contribution in [2.24, 2.45) is 11.8 Å². The minimum atomic E-state index is 0.812. The van der Waals surface area contributed by atoms with E-state index >= 15 is 0 Å². The minimum Gasteiger partial charge on any atom is -0.0764 e. The molecule has 0 nitrogen and oxygen atoms in total. The molecule has 0 heterocycles. The molecule has 1 saturated carbocycles. The first-order valence-electron chi connectivity index (χ1n) is 6.15. The summed E-state index contributed by atoms with van der Waals surface area (Å²) in [7, 11) is 0. The standard InChI is InChI=1S/C15H21/c1-12-7-9-14(10-8-12)15-6-4-3-5-13(2)11-15/h3-6,11-12,14H,7-10H2,1-2H3. The zero-order valence-electron chi connectivity index (χ0n) is 9.87. The lowest BCUT2D eigenvalue weighted by Gasteiger charge is -2.27. The SMILES string of the molecule is CC1=CC(C2CCC(C)CC2)=CC=C[CH]1. The molecule has 0 aliphatic heterocycles. The van der Waals surface area contributed by atoms with Crippen molar-refractivity contribution in [2.75, 3.05) is 0 Å². The van der Waals surface area contributed by atoms with Crippen LogP contribution < -0.4 is 0 Å². The van der Waals surface area contributed by atoms with Gasteiger partial charge in [-0.2, -0.15) is 0 Å². The van der Waals surface area contributed by atoms with Gasteiger partial charge in [-0.15, -0.1) is 0 Å². The molecule has 0 heteroatoms. The lowest BCUT2D eigenvalue weighted by atomic mass is 9.79. The third kappa shape index (κ3) is 2.84. The minimum absolute atomic E-state index is 0.812. The van der Waals surface area contributed by atoms with Crippen LogP contribution in [0.4, 0.5) is 0 Å². The summed E-state index contributed by atoms with van der Waals surface area (Å²) in [6.07, 6.45) is 16.7. The van der Waals surface area contributed by atoms with Crippen LogP contribution in [0.2, 0.25) is 0 Å². The van der Waals surface area contributed by atoms with Crippen LogP contribution in [-0.2, 0) is 0 Å². The Balaban J connectivity index is 2.06. The molecular weight excluding hydrogens is 180 g/mol. The normalized spacial score (nSPS) is 31.9. The van der Waals surface area contributed by atoms with Crippen molar-refractivity contribution >= 4 is 0 Å². The van der Waals surface area contributed by atoms with Crippen LogP contribution in [0.3, 0.4) is 0 Å². The van der Waals surface area contributed by atoms with Gasteiger partial charge in [-0.3, -0.25) is 0 Å². The van der Waals surface area contributed by atoms with Gasteiger partial charge >= 0.3 is 0 Å². The maximum atomic E-state index is 2.38. The first kappa shape index (κ1) is 10.7. The van der Waals surface area contributed by atoms with Gasteiger partial charge in [-0.1, -0.05) is 49.6 Å². The van der Waals surface area contributed by atoms with Gasteiger partial charge in [0.2, 0.25) is 0 Å². The monoisotopic (exact) mass is 201 g/mol. The van der Waals surface area contributed by atoms with Crippen LogP contribution in [0.1, 0.15) is 39.5 Å². The van der Waals surface area contributed by atoms with E-state index in [0.29, 0.717) is 0 Å². The molecule has 0 amide bonds. The van der Waals surface area contributed by atoms with Crippen molar-refractivity contribution in [3.63, 3.8) is 0 Å². The summed E-state index contributed by atoms with van der Waals surface area (Å²) in [5.41, 5.74) is 2.93. The van der Waals surface area contributed by atoms with Crippen LogP contribution in [0.15, 0.2) is 35.5 Å². The highest BCUT2D eigenvalue weighted by molar-refractivity contribution is 5.37. The second-order valence-corrected chi connectivity index (χ2v) is 5.06. The maximum absolute atomic E-state index is 2.38. The molecule has 0 spiro atoms. The van der Waals surface area contributed by atoms with E-state index in [1.165, 1.54) is 31.3 Å². The summed E-state index contributed by atoms with van der Waals surface area (Å²) in [4.78, 5) is 0. The van der Waals surface area contributed by atoms with Gasteiger partial charge in [-0.05, 0) is 37.2 Å².